The average Bonchev–Trinajstić information content (AvgIpc) is 2.93. The van der Waals surface area contributed by atoms with Crippen LogP contribution < -0.4 is 10.6 Å². The molecule has 0 aromatic heterocycles. The first-order valence-electron chi connectivity index (χ1n) is 7.81. The zero-order chi connectivity index (χ0) is 13.5. The molecule has 3 unspecified atom stereocenters. The van der Waals surface area contributed by atoms with E-state index in [1.807, 2.05) is 0 Å². The Labute approximate surface area is 116 Å². The van der Waals surface area contributed by atoms with Crippen molar-refractivity contribution >= 4 is 5.91 Å². The Balaban J connectivity index is 1.57. The fraction of sp³-hybridized carbons (Fsp3) is 0.933. The van der Waals surface area contributed by atoms with Gasteiger partial charge in [0.05, 0.1) is 0 Å². The van der Waals surface area contributed by atoms with E-state index in [1.165, 1.54) is 12.8 Å². The van der Waals surface area contributed by atoms with Crippen molar-refractivity contribution in [2.45, 2.75) is 39.0 Å². The Morgan fingerprint density at radius 1 is 1.47 bits per heavy atom. The third-order valence-corrected chi connectivity index (χ3v) is 4.55. The molecular formula is C15H28N2O2. The summed E-state index contributed by atoms with van der Waals surface area (Å²) in [6.45, 7) is 7.00. The molecule has 0 aliphatic carbocycles. The van der Waals surface area contributed by atoms with Gasteiger partial charge in [-0.2, -0.15) is 0 Å². The minimum Gasteiger partial charge on any atom is -0.381 e. The first-order valence-corrected chi connectivity index (χ1v) is 7.81. The summed E-state index contributed by atoms with van der Waals surface area (Å²) in [5.74, 6) is 2.03. The molecule has 2 N–H and O–H groups in total. The van der Waals surface area contributed by atoms with Crippen LogP contribution in [-0.2, 0) is 9.53 Å². The summed E-state index contributed by atoms with van der Waals surface area (Å²) < 4.78 is 5.34. The number of carbonyl (C=O) groups excluding carboxylic acids is 1. The maximum atomic E-state index is 11.9. The minimum atomic E-state index is 0.219. The molecule has 4 nitrogen and oxygen atoms in total. The maximum Gasteiger partial charge on any atom is 0.220 e. The average molecular weight is 268 g/mol. The monoisotopic (exact) mass is 268 g/mol. The van der Waals surface area contributed by atoms with Gasteiger partial charge >= 0.3 is 0 Å². The molecule has 2 fully saturated rings. The van der Waals surface area contributed by atoms with Gasteiger partial charge in [-0.3, -0.25) is 4.79 Å². The molecule has 4 heteroatoms. The van der Waals surface area contributed by atoms with Gasteiger partial charge in [0.15, 0.2) is 0 Å². The second-order valence-electron chi connectivity index (χ2n) is 6.16. The number of nitrogens with one attached hydrogen (secondary N) is 2. The minimum absolute atomic E-state index is 0.219. The van der Waals surface area contributed by atoms with Gasteiger partial charge in [0.1, 0.15) is 0 Å². The molecule has 0 saturated carbocycles. The van der Waals surface area contributed by atoms with Gasteiger partial charge in [-0.05, 0) is 56.5 Å². The van der Waals surface area contributed by atoms with Gasteiger partial charge < -0.3 is 15.4 Å². The van der Waals surface area contributed by atoms with Gasteiger partial charge in [0.2, 0.25) is 5.91 Å². The first kappa shape index (κ1) is 14.8. The highest BCUT2D eigenvalue weighted by Crippen LogP contribution is 2.22. The lowest BCUT2D eigenvalue weighted by atomic mass is 9.85. The molecule has 110 valence electrons. The number of hydrogen-bond donors (Lipinski definition) is 2. The Bertz CT molecular complexity index is 271. The number of carbonyl (C=O) groups is 1. The Kier molecular flexibility index (Phi) is 6.11. The van der Waals surface area contributed by atoms with E-state index in [1.54, 1.807) is 0 Å². The van der Waals surface area contributed by atoms with Crippen molar-refractivity contribution in [2.24, 2.45) is 17.8 Å². The highest BCUT2D eigenvalue weighted by atomic mass is 16.5. The molecule has 0 aromatic carbocycles. The van der Waals surface area contributed by atoms with Crippen LogP contribution in [0.2, 0.25) is 0 Å². The van der Waals surface area contributed by atoms with Crippen LogP contribution in [0, 0.1) is 17.8 Å². The van der Waals surface area contributed by atoms with Gasteiger partial charge in [-0.25, -0.2) is 0 Å². The van der Waals surface area contributed by atoms with Gasteiger partial charge in [0.25, 0.3) is 0 Å². The van der Waals surface area contributed by atoms with E-state index < -0.39 is 0 Å². The van der Waals surface area contributed by atoms with Crippen LogP contribution in [0.5, 0.6) is 0 Å². The van der Waals surface area contributed by atoms with E-state index in [0.717, 1.165) is 45.7 Å². The molecule has 0 aromatic rings. The SMILES string of the molecule is CC(CC(=O)NCCC1CCOC1)C1CCCNC1. The van der Waals surface area contributed by atoms with Crippen molar-refractivity contribution in [2.75, 3.05) is 32.8 Å². The van der Waals surface area contributed by atoms with Crippen LogP contribution in [0.15, 0.2) is 0 Å². The normalized spacial score (nSPS) is 29.1. The number of hydrogen-bond acceptors (Lipinski definition) is 3. The van der Waals surface area contributed by atoms with Crippen molar-refractivity contribution < 1.29 is 9.53 Å². The fourth-order valence-electron chi connectivity index (χ4n) is 3.12. The summed E-state index contributed by atoms with van der Waals surface area (Å²) in [4.78, 5) is 11.9. The number of piperidine rings is 1. The molecule has 2 saturated heterocycles. The Morgan fingerprint density at radius 3 is 3.05 bits per heavy atom. The molecule has 0 bridgehead atoms. The van der Waals surface area contributed by atoms with Crippen molar-refractivity contribution in [1.82, 2.24) is 10.6 Å². The molecular weight excluding hydrogens is 240 g/mol. The summed E-state index contributed by atoms with van der Waals surface area (Å²) in [6.07, 6.45) is 5.40. The van der Waals surface area contributed by atoms with E-state index in [-0.39, 0.29) is 5.91 Å². The topological polar surface area (TPSA) is 50.4 Å². The summed E-state index contributed by atoms with van der Waals surface area (Å²) >= 11 is 0. The van der Waals surface area contributed by atoms with E-state index in [2.05, 4.69) is 17.6 Å². The lowest BCUT2D eigenvalue weighted by Gasteiger charge is -2.28. The Hall–Kier alpha value is -0.610. The predicted octanol–water partition coefficient (Wildman–Crippen LogP) is 1.56. The van der Waals surface area contributed by atoms with E-state index >= 15 is 0 Å². The summed E-state index contributed by atoms with van der Waals surface area (Å²) in [7, 11) is 0. The highest BCUT2D eigenvalue weighted by Gasteiger charge is 2.22. The molecule has 19 heavy (non-hydrogen) atoms. The Morgan fingerprint density at radius 2 is 2.37 bits per heavy atom. The third-order valence-electron chi connectivity index (χ3n) is 4.55. The van der Waals surface area contributed by atoms with Crippen LogP contribution in [0.25, 0.3) is 0 Å². The van der Waals surface area contributed by atoms with E-state index in [0.29, 0.717) is 24.2 Å². The second kappa shape index (κ2) is 7.85. The highest BCUT2D eigenvalue weighted by molar-refractivity contribution is 5.76. The predicted molar refractivity (Wildman–Crippen MR) is 75.9 cm³/mol. The number of rotatable bonds is 6. The first-order chi connectivity index (χ1) is 9.25. The number of amides is 1. The molecule has 3 atom stereocenters. The van der Waals surface area contributed by atoms with Gasteiger partial charge in [0, 0.05) is 26.2 Å². The van der Waals surface area contributed by atoms with E-state index in [4.69, 9.17) is 4.74 Å². The summed E-state index contributed by atoms with van der Waals surface area (Å²) in [6, 6.07) is 0. The molecule has 2 rings (SSSR count). The lowest BCUT2D eigenvalue weighted by molar-refractivity contribution is -0.122. The van der Waals surface area contributed by atoms with Gasteiger partial charge in [-0.15, -0.1) is 0 Å². The van der Waals surface area contributed by atoms with Gasteiger partial charge in [-0.1, -0.05) is 6.92 Å². The number of ether oxygens (including phenoxy) is 1. The molecule has 2 heterocycles. The summed E-state index contributed by atoms with van der Waals surface area (Å²) in [5, 5.41) is 6.49. The second-order valence-corrected chi connectivity index (χ2v) is 6.16. The van der Waals surface area contributed by atoms with Crippen molar-refractivity contribution in [3.63, 3.8) is 0 Å². The van der Waals surface area contributed by atoms with Crippen LogP contribution in [0.4, 0.5) is 0 Å². The quantitative estimate of drug-likeness (QED) is 0.768. The lowest BCUT2D eigenvalue weighted by Crippen LogP contribution is -2.36. The zero-order valence-corrected chi connectivity index (χ0v) is 12.1. The van der Waals surface area contributed by atoms with Crippen molar-refractivity contribution in [3.8, 4) is 0 Å². The van der Waals surface area contributed by atoms with Crippen molar-refractivity contribution in [3.05, 3.63) is 0 Å². The summed E-state index contributed by atoms with van der Waals surface area (Å²) in [5.41, 5.74) is 0. The molecule has 0 radical (unpaired) electrons. The van der Waals surface area contributed by atoms with E-state index in [9.17, 15) is 4.79 Å². The molecule has 2 aliphatic rings. The smallest absolute Gasteiger partial charge is 0.220 e. The maximum absolute atomic E-state index is 11.9. The zero-order valence-electron chi connectivity index (χ0n) is 12.1. The fourth-order valence-corrected chi connectivity index (χ4v) is 3.12. The molecule has 0 spiro atoms. The molecule has 1 amide bonds. The van der Waals surface area contributed by atoms with Crippen LogP contribution >= 0.6 is 0 Å². The largest absolute Gasteiger partial charge is 0.381 e. The van der Waals surface area contributed by atoms with Crippen LogP contribution in [0.1, 0.15) is 39.0 Å². The van der Waals surface area contributed by atoms with Crippen molar-refractivity contribution in [1.29, 1.82) is 0 Å². The van der Waals surface area contributed by atoms with Crippen LogP contribution in [0.3, 0.4) is 0 Å². The standard InChI is InChI=1S/C15H28N2O2/c1-12(14-3-2-6-16-10-14)9-15(18)17-7-4-13-5-8-19-11-13/h12-14,16H,2-11H2,1H3,(H,17,18). The third kappa shape index (κ3) is 5.11. The van der Waals surface area contributed by atoms with Crippen LogP contribution in [-0.4, -0.2) is 38.8 Å². The molecule has 2 aliphatic heterocycles.